The van der Waals surface area contributed by atoms with Crippen molar-refractivity contribution >= 4 is 109 Å². The van der Waals surface area contributed by atoms with E-state index in [2.05, 4.69) is 332 Å². The molecule has 0 unspecified atom stereocenters. The molecule has 0 fully saturated rings. The highest BCUT2D eigenvalue weighted by atomic mass is 15.1. The maximum Gasteiger partial charge on any atom is 0.164 e. The first-order valence-corrected chi connectivity index (χ1v) is 32.3. The first-order valence-electron chi connectivity index (χ1n) is 32.3. The fourth-order valence-corrected chi connectivity index (χ4v) is 15.3. The van der Waals surface area contributed by atoms with Crippen molar-refractivity contribution in [1.82, 2.24) is 37.8 Å². The topological polar surface area (TPSA) is 63.3 Å². The number of hydrogen-bond donors (Lipinski definition) is 0. The van der Waals surface area contributed by atoms with Gasteiger partial charge in [-0.3, -0.25) is 0 Å². The monoisotopic (exact) mass is 1210 g/mol. The summed E-state index contributed by atoms with van der Waals surface area (Å²) in [6.45, 7) is 0. The van der Waals surface area contributed by atoms with Gasteiger partial charge in [-0.25, -0.2) is 15.0 Å². The molecule has 0 spiro atoms. The van der Waals surface area contributed by atoms with E-state index in [1.165, 1.54) is 70.4 Å². The Hall–Kier alpha value is -12.9. The van der Waals surface area contributed by atoms with Crippen molar-refractivity contribution in [1.29, 1.82) is 0 Å². The molecule has 0 radical (unpaired) electrons. The molecular formula is C87H54N8. The predicted octanol–water partition coefficient (Wildman–Crippen LogP) is 22.0. The minimum atomic E-state index is 0.574. The quantitative estimate of drug-likeness (QED) is 0.145. The number of fused-ring (bicyclic) bond motifs is 15. The van der Waals surface area contributed by atoms with Gasteiger partial charge in [0.25, 0.3) is 0 Å². The van der Waals surface area contributed by atoms with Crippen LogP contribution in [-0.4, -0.2) is 37.8 Å². The molecule has 8 nitrogen and oxygen atoms in total. The third-order valence-electron chi connectivity index (χ3n) is 19.5. The molecule has 0 amide bonds. The summed E-state index contributed by atoms with van der Waals surface area (Å²) in [5.41, 5.74) is 21.7. The average Bonchev–Trinajstić information content (AvgIpc) is 1.59. The molecule has 95 heavy (non-hydrogen) atoms. The van der Waals surface area contributed by atoms with E-state index < -0.39 is 0 Å². The molecule has 0 N–H and O–H groups in total. The van der Waals surface area contributed by atoms with Crippen LogP contribution in [0.3, 0.4) is 0 Å². The predicted molar refractivity (Wildman–Crippen MR) is 393 cm³/mol. The van der Waals surface area contributed by atoms with Crippen molar-refractivity contribution < 1.29 is 0 Å². The molecule has 0 aliphatic carbocycles. The van der Waals surface area contributed by atoms with Gasteiger partial charge in [-0.1, -0.05) is 200 Å². The van der Waals surface area contributed by atoms with Gasteiger partial charge in [0, 0.05) is 87.6 Å². The largest absolute Gasteiger partial charge is 0.309 e. The van der Waals surface area contributed by atoms with E-state index in [1.54, 1.807) is 0 Å². The van der Waals surface area contributed by atoms with E-state index in [-0.39, 0.29) is 0 Å². The van der Waals surface area contributed by atoms with E-state index >= 15 is 0 Å². The highest BCUT2D eigenvalue weighted by Crippen LogP contribution is 2.44. The van der Waals surface area contributed by atoms with Gasteiger partial charge in [0.2, 0.25) is 0 Å². The highest BCUT2D eigenvalue weighted by molar-refractivity contribution is 6.16. The first-order chi connectivity index (χ1) is 47.1. The lowest BCUT2D eigenvalue weighted by molar-refractivity contribution is 1.06. The minimum Gasteiger partial charge on any atom is -0.309 e. The van der Waals surface area contributed by atoms with Crippen molar-refractivity contribution in [2.75, 3.05) is 0 Å². The van der Waals surface area contributed by atoms with E-state index in [9.17, 15) is 0 Å². The minimum absolute atomic E-state index is 0.574. The average molecular weight is 1210 g/mol. The lowest BCUT2D eigenvalue weighted by Gasteiger charge is -2.18. The fraction of sp³-hybridized carbons (Fsp3) is 0. The Morgan fingerprint density at radius 1 is 0.158 bits per heavy atom. The van der Waals surface area contributed by atoms with Gasteiger partial charge in [0.05, 0.1) is 66.5 Å². The standard InChI is InChI=1S/C87H54N8/c1-3-22-55(23-4-1)85-88-86(58-24-21-27-61(50-58)92-73-35-14-7-28-63(73)64-29-8-15-36-74(64)92)90-87(89-85)59-44-48-83(84(53-59)95-77-39-18-9-30-65(77)66-31-10-19-40-78(66)95)94-79-41-20-13-33-68(79)71-52-57(43-47-82(71)94)56-42-46-80-70(51-56)67-32-11-17-38-76(67)93(80)62-45-49-81-72(54-62)69-34-12-16-37-75(69)91(81)60-25-5-2-6-26-60/h1-54H. The van der Waals surface area contributed by atoms with Crippen LogP contribution in [0.4, 0.5) is 0 Å². The third-order valence-corrected chi connectivity index (χ3v) is 19.5. The summed E-state index contributed by atoms with van der Waals surface area (Å²) in [4.78, 5) is 16.1. The van der Waals surface area contributed by atoms with Crippen molar-refractivity contribution in [3.05, 3.63) is 328 Å². The third kappa shape index (κ3) is 8.11. The molecule has 0 bridgehead atoms. The van der Waals surface area contributed by atoms with E-state index in [0.717, 1.165) is 94.9 Å². The molecule has 6 aromatic heterocycles. The lowest BCUT2D eigenvalue weighted by atomic mass is 10.0. The Balaban J connectivity index is 0.753. The van der Waals surface area contributed by atoms with Crippen LogP contribution in [0.15, 0.2) is 328 Å². The number of nitrogens with zero attached hydrogens (tertiary/aromatic N) is 8. The second-order valence-corrected chi connectivity index (χ2v) is 24.7. The molecule has 442 valence electrons. The Morgan fingerprint density at radius 2 is 0.463 bits per heavy atom. The molecule has 8 heteroatoms. The van der Waals surface area contributed by atoms with Crippen molar-refractivity contribution in [3.63, 3.8) is 0 Å². The van der Waals surface area contributed by atoms with Crippen molar-refractivity contribution in [2.24, 2.45) is 0 Å². The molecule has 6 heterocycles. The van der Waals surface area contributed by atoms with Crippen LogP contribution in [0.2, 0.25) is 0 Å². The van der Waals surface area contributed by atoms with Gasteiger partial charge in [-0.05, 0) is 139 Å². The second kappa shape index (κ2) is 20.8. The van der Waals surface area contributed by atoms with Gasteiger partial charge in [0.1, 0.15) is 0 Å². The summed E-state index contributed by atoms with van der Waals surface area (Å²) in [6, 6.07) is 118. The summed E-state index contributed by atoms with van der Waals surface area (Å²) in [5, 5.41) is 12.0. The summed E-state index contributed by atoms with van der Waals surface area (Å²) >= 11 is 0. The fourth-order valence-electron chi connectivity index (χ4n) is 15.3. The zero-order chi connectivity index (χ0) is 62.2. The maximum absolute atomic E-state index is 5.46. The van der Waals surface area contributed by atoms with E-state index in [4.69, 9.17) is 15.0 Å². The SMILES string of the molecule is c1ccc(-c2nc(-c3cccc(-n4c5ccccc5c5ccccc54)c3)nc(-c3ccc(-n4c5ccccc5c5cc(-c6ccc7c(c6)c6ccccc6n7-c6ccc7c(c6)c6ccccc6n7-c6ccccc6)ccc54)c(-n4c5ccccc5c5ccccc54)c3)n2)cc1. The molecule has 0 aliphatic heterocycles. The Labute approximate surface area is 545 Å². The lowest BCUT2D eigenvalue weighted by Crippen LogP contribution is -2.05. The Bertz CT molecular complexity index is 6430. The zero-order valence-corrected chi connectivity index (χ0v) is 51.3. The maximum atomic E-state index is 5.46. The molecule has 0 saturated carbocycles. The van der Waals surface area contributed by atoms with Crippen LogP contribution in [0.5, 0.6) is 0 Å². The molecule has 14 aromatic carbocycles. The summed E-state index contributed by atoms with van der Waals surface area (Å²) in [7, 11) is 0. The van der Waals surface area contributed by atoms with Crippen LogP contribution in [0.1, 0.15) is 0 Å². The van der Waals surface area contributed by atoms with Gasteiger partial charge < -0.3 is 22.8 Å². The molecular weight excluding hydrogens is 1160 g/mol. The van der Waals surface area contributed by atoms with Crippen LogP contribution in [0.25, 0.3) is 183 Å². The van der Waals surface area contributed by atoms with Gasteiger partial charge in [0.15, 0.2) is 17.5 Å². The van der Waals surface area contributed by atoms with Crippen LogP contribution < -0.4 is 0 Å². The van der Waals surface area contributed by atoms with Crippen LogP contribution in [0, 0.1) is 0 Å². The number of para-hydroxylation sites is 8. The number of rotatable bonds is 9. The van der Waals surface area contributed by atoms with Crippen LogP contribution >= 0.6 is 0 Å². The second-order valence-electron chi connectivity index (χ2n) is 24.7. The summed E-state index contributed by atoms with van der Waals surface area (Å²) in [6.07, 6.45) is 0. The molecule has 20 aromatic rings. The molecule has 20 rings (SSSR count). The Morgan fingerprint density at radius 3 is 0.947 bits per heavy atom. The van der Waals surface area contributed by atoms with Crippen molar-refractivity contribution in [2.45, 2.75) is 0 Å². The first kappa shape index (κ1) is 52.8. The Kier molecular flexibility index (Phi) is 11.6. The highest BCUT2D eigenvalue weighted by Gasteiger charge is 2.24. The van der Waals surface area contributed by atoms with E-state index in [0.29, 0.717) is 17.5 Å². The van der Waals surface area contributed by atoms with Crippen LogP contribution in [-0.2, 0) is 0 Å². The number of benzene rings is 14. The van der Waals surface area contributed by atoms with Gasteiger partial charge >= 0.3 is 0 Å². The van der Waals surface area contributed by atoms with Gasteiger partial charge in [-0.15, -0.1) is 0 Å². The molecule has 0 aliphatic rings. The number of hydrogen-bond acceptors (Lipinski definition) is 3. The van der Waals surface area contributed by atoms with Gasteiger partial charge in [-0.2, -0.15) is 0 Å². The molecule has 0 atom stereocenters. The zero-order valence-electron chi connectivity index (χ0n) is 51.3. The van der Waals surface area contributed by atoms with Crippen molar-refractivity contribution in [3.8, 4) is 73.7 Å². The van der Waals surface area contributed by atoms with E-state index in [1.807, 2.05) is 18.2 Å². The molecule has 0 saturated heterocycles. The number of aromatic nitrogens is 8. The summed E-state index contributed by atoms with van der Waals surface area (Å²) < 4.78 is 12.0. The smallest absolute Gasteiger partial charge is 0.164 e. The normalized spacial score (nSPS) is 12.0. The summed E-state index contributed by atoms with van der Waals surface area (Å²) in [5.74, 6) is 1.76.